The fraction of sp³-hybridized carbons (Fsp3) is 0.724. The van der Waals surface area contributed by atoms with Crippen molar-refractivity contribution >= 4 is 23.5 Å². The Morgan fingerprint density at radius 1 is 0.714 bits per heavy atom. The van der Waals surface area contributed by atoms with Crippen molar-refractivity contribution in [3.63, 3.8) is 0 Å². The molecule has 0 aliphatic heterocycles. The van der Waals surface area contributed by atoms with Crippen molar-refractivity contribution in [1.82, 2.24) is 5.32 Å². The molecule has 242 valence electrons. The zero-order valence-corrected chi connectivity index (χ0v) is 25.9. The van der Waals surface area contributed by atoms with Crippen molar-refractivity contribution < 1.29 is 37.9 Å². The van der Waals surface area contributed by atoms with Gasteiger partial charge in [0.15, 0.2) is 0 Å². The smallest absolute Gasteiger partial charge is 0.103 e. The molecule has 13 heteroatoms. The molecule has 0 heterocycles. The molecule has 0 spiro atoms. The van der Waals surface area contributed by atoms with Crippen LogP contribution in [0.5, 0.6) is 0 Å². The van der Waals surface area contributed by atoms with Gasteiger partial charge in [0.05, 0.1) is 106 Å². The summed E-state index contributed by atoms with van der Waals surface area (Å²) in [6.45, 7) is 12.3. The van der Waals surface area contributed by atoms with Crippen LogP contribution in [0.1, 0.15) is 18.9 Å². The summed E-state index contributed by atoms with van der Waals surface area (Å²) in [6, 6.07) is 7.79. The van der Waals surface area contributed by atoms with Crippen molar-refractivity contribution in [1.29, 1.82) is 0 Å². The predicted molar refractivity (Wildman–Crippen MR) is 165 cm³/mol. The average Bonchev–Trinajstić information content (AvgIpc) is 3.00. The second kappa shape index (κ2) is 30.7. The molecule has 1 aromatic carbocycles. The van der Waals surface area contributed by atoms with Crippen LogP contribution in [0.25, 0.3) is 0 Å². The summed E-state index contributed by atoms with van der Waals surface area (Å²) in [7, 11) is 0. The maximum atomic E-state index is 6.13. The summed E-state index contributed by atoms with van der Waals surface area (Å²) in [5.41, 5.74) is 1.62. The van der Waals surface area contributed by atoms with Gasteiger partial charge in [-0.1, -0.05) is 36.7 Å². The van der Waals surface area contributed by atoms with Crippen LogP contribution in [-0.2, 0) is 44.4 Å². The lowest BCUT2D eigenvalue weighted by molar-refractivity contribution is -0.000870. The molecule has 1 aromatic rings. The highest BCUT2D eigenvalue weighted by Gasteiger charge is 1.99. The number of benzene rings is 1. The van der Waals surface area contributed by atoms with E-state index in [0.717, 1.165) is 36.7 Å². The Balaban J connectivity index is 1.79. The van der Waals surface area contributed by atoms with E-state index in [2.05, 4.69) is 22.3 Å². The second-order valence-electron chi connectivity index (χ2n) is 8.76. The van der Waals surface area contributed by atoms with Crippen LogP contribution in [0.3, 0.4) is 0 Å². The molecule has 0 aliphatic carbocycles. The van der Waals surface area contributed by atoms with Gasteiger partial charge in [-0.2, -0.15) is 5.10 Å². The number of hydrazone groups is 1. The number of rotatable bonds is 31. The molecule has 0 amide bonds. The fourth-order valence-corrected chi connectivity index (χ4v) is 3.35. The van der Waals surface area contributed by atoms with Gasteiger partial charge < -0.3 is 49.1 Å². The molecule has 3 N–H and O–H groups in total. The first-order chi connectivity index (χ1) is 20.8. The highest BCUT2D eigenvalue weighted by Crippen LogP contribution is 2.13. The summed E-state index contributed by atoms with van der Waals surface area (Å²) < 4.78 is 43.7. The van der Waals surface area contributed by atoms with E-state index in [1.54, 1.807) is 6.21 Å². The molecule has 42 heavy (non-hydrogen) atoms. The van der Waals surface area contributed by atoms with E-state index in [-0.39, 0.29) is 6.61 Å². The highest BCUT2D eigenvalue weighted by atomic mass is 35.5. The summed E-state index contributed by atoms with van der Waals surface area (Å²) >= 11 is 6.13. The van der Waals surface area contributed by atoms with Crippen molar-refractivity contribution in [2.75, 3.05) is 119 Å². The van der Waals surface area contributed by atoms with Crippen LogP contribution in [0.4, 0.5) is 0 Å². The first-order valence-electron chi connectivity index (χ1n) is 14.6. The monoisotopic (exact) mass is 618 g/mol. The minimum Gasteiger partial charge on any atom is -0.379 e. The SMILES string of the molecule is CCCOCCOCCOCCOCCN=C/C(COCCOCCOCCOCCNCc1ccccc1Cl)=N\N. The molecule has 0 fully saturated rings. The average molecular weight is 619 g/mol. The lowest BCUT2D eigenvalue weighted by Crippen LogP contribution is -2.20. The molecule has 0 aliphatic rings. The van der Waals surface area contributed by atoms with Crippen molar-refractivity contribution in [2.24, 2.45) is 15.9 Å². The third kappa shape index (κ3) is 24.8. The molecule has 0 atom stereocenters. The van der Waals surface area contributed by atoms with Crippen LogP contribution in [0.15, 0.2) is 34.4 Å². The number of hydrogen-bond donors (Lipinski definition) is 2. The molecule has 0 aromatic heterocycles. The summed E-state index contributed by atoms with van der Waals surface area (Å²) in [5.74, 6) is 5.40. The Morgan fingerprint density at radius 2 is 1.21 bits per heavy atom. The van der Waals surface area contributed by atoms with E-state index in [4.69, 9.17) is 55.3 Å². The lowest BCUT2D eigenvalue weighted by atomic mass is 10.2. The van der Waals surface area contributed by atoms with Gasteiger partial charge in [0.25, 0.3) is 0 Å². The predicted octanol–water partition coefficient (Wildman–Crippen LogP) is 2.36. The standard InChI is InChI=1S/C29H51ClN4O8/c1-2-9-35-12-15-38-18-19-39-17-14-37-11-8-33-25-28(34-31)26-42-23-22-41-21-20-40-16-13-36-10-7-32-24-27-5-3-4-6-29(27)30/h3-6,25,32H,2,7-24,26,31H2,1H3/b33-25?,34-28+. The van der Waals surface area contributed by atoms with Gasteiger partial charge in [-0.15, -0.1) is 0 Å². The normalized spacial score (nSPS) is 12.1. The van der Waals surface area contributed by atoms with Crippen molar-refractivity contribution in [2.45, 2.75) is 19.9 Å². The Hall–Kier alpha value is -1.71. The van der Waals surface area contributed by atoms with Crippen LogP contribution >= 0.6 is 11.6 Å². The number of nitrogens with two attached hydrogens (primary N) is 1. The number of hydrogen-bond acceptors (Lipinski definition) is 12. The summed E-state index contributed by atoms with van der Waals surface area (Å²) in [4.78, 5) is 4.25. The Morgan fingerprint density at radius 3 is 1.76 bits per heavy atom. The van der Waals surface area contributed by atoms with Gasteiger partial charge in [-0.3, -0.25) is 4.99 Å². The van der Waals surface area contributed by atoms with Crippen molar-refractivity contribution in [3.05, 3.63) is 34.9 Å². The van der Waals surface area contributed by atoms with Crippen LogP contribution < -0.4 is 11.2 Å². The molecular formula is C29H51ClN4O8. The minimum absolute atomic E-state index is 0.256. The molecule has 0 unspecified atom stereocenters. The number of nitrogens with zero attached hydrogens (tertiary/aromatic N) is 2. The third-order valence-electron chi connectivity index (χ3n) is 5.30. The number of nitrogens with one attached hydrogen (secondary N) is 1. The summed E-state index contributed by atoms with van der Waals surface area (Å²) in [6.07, 6.45) is 2.61. The maximum absolute atomic E-state index is 6.13. The molecule has 0 bridgehead atoms. The van der Waals surface area contributed by atoms with Gasteiger partial charge in [0.1, 0.15) is 5.71 Å². The van der Waals surface area contributed by atoms with Gasteiger partial charge in [-0.05, 0) is 18.1 Å². The highest BCUT2D eigenvalue weighted by molar-refractivity contribution is 6.31. The Labute approximate surface area is 256 Å². The topological polar surface area (TPSA) is 137 Å². The lowest BCUT2D eigenvalue weighted by Gasteiger charge is -2.08. The summed E-state index contributed by atoms with van der Waals surface area (Å²) in [5, 5.41) is 7.76. The van der Waals surface area contributed by atoms with E-state index in [0.29, 0.717) is 105 Å². The zero-order valence-electron chi connectivity index (χ0n) is 25.1. The first-order valence-corrected chi connectivity index (χ1v) is 15.0. The molecule has 1 rings (SSSR count). The van der Waals surface area contributed by atoms with Crippen molar-refractivity contribution in [3.8, 4) is 0 Å². The van der Waals surface area contributed by atoms with E-state index in [1.165, 1.54) is 0 Å². The number of aliphatic imine (C=N–C) groups is 1. The van der Waals surface area contributed by atoms with Crippen LogP contribution in [-0.4, -0.2) is 131 Å². The fourth-order valence-electron chi connectivity index (χ4n) is 3.15. The van der Waals surface area contributed by atoms with E-state index < -0.39 is 0 Å². The largest absolute Gasteiger partial charge is 0.379 e. The second-order valence-corrected chi connectivity index (χ2v) is 9.17. The Bertz CT molecular complexity index is 792. The molecular weight excluding hydrogens is 568 g/mol. The molecule has 0 radical (unpaired) electrons. The molecule has 0 saturated heterocycles. The van der Waals surface area contributed by atoms with Gasteiger partial charge >= 0.3 is 0 Å². The van der Waals surface area contributed by atoms with Crippen LogP contribution in [0.2, 0.25) is 5.02 Å². The number of halogens is 1. The minimum atomic E-state index is 0.256. The van der Waals surface area contributed by atoms with Gasteiger partial charge in [-0.25, -0.2) is 0 Å². The zero-order chi connectivity index (χ0) is 30.2. The molecule has 12 nitrogen and oxygen atoms in total. The van der Waals surface area contributed by atoms with Crippen LogP contribution in [0, 0.1) is 0 Å². The van der Waals surface area contributed by atoms with Gasteiger partial charge in [0, 0.05) is 30.9 Å². The quantitative estimate of drug-likeness (QED) is 0.0552. The molecule has 0 saturated carbocycles. The van der Waals surface area contributed by atoms with E-state index in [9.17, 15) is 0 Å². The number of ether oxygens (including phenoxy) is 8. The van der Waals surface area contributed by atoms with E-state index in [1.807, 2.05) is 24.3 Å². The Kier molecular flexibility index (Phi) is 28.0. The first kappa shape index (κ1) is 38.3. The van der Waals surface area contributed by atoms with E-state index >= 15 is 0 Å². The van der Waals surface area contributed by atoms with Gasteiger partial charge in [0.2, 0.25) is 0 Å². The third-order valence-corrected chi connectivity index (χ3v) is 5.67. The maximum Gasteiger partial charge on any atom is 0.103 e.